The number of benzene rings is 1. The Hall–Kier alpha value is -1.70. The van der Waals surface area contributed by atoms with Crippen LogP contribution >= 0.6 is 0 Å². The number of aromatic nitrogens is 2. The Balaban J connectivity index is 1.56. The Morgan fingerprint density at radius 3 is 2.21 bits per heavy atom. The lowest BCUT2D eigenvalue weighted by Crippen LogP contribution is -2.14. The number of hydrogen-bond acceptors (Lipinski definition) is 2. The molecule has 0 radical (unpaired) electrons. The van der Waals surface area contributed by atoms with Crippen molar-refractivity contribution in [2.75, 3.05) is 0 Å². The van der Waals surface area contributed by atoms with Crippen molar-refractivity contribution in [2.45, 2.75) is 104 Å². The van der Waals surface area contributed by atoms with E-state index in [9.17, 15) is 0 Å². The standard InChI is InChI=1S/C27H40N2/c1-4-6-8-10-22-12-15-24(16-13-22)25-19-28-27(29-20-25)26-17-14-23(18-21(26)3)11-9-7-5-2/h14,17-20,22,24H,4-13,15-16H2,1-3H3. The first-order valence-corrected chi connectivity index (χ1v) is 12.1. The van der Waals surface area contributed by atoms with E-state index in [1.54, 1.807) is 0 Å². The number of unbranched alkanes of at least 4 members (excludes halogenated alkanes) is 4. The van der Waals surface area contributed by atoms with Gasteiger partial charge in [-0.1, -0.05) is 70.6 Å². The summed E-state index contributed by atoms with van der Waals surface area (Å²) in [6.45, 7) is 6.74. The summed E-state index contributed by atoms with van der Waals surface area (Å²) in [5.41, 5.74) is 5.25. The zero-order chi connectivity index (χ0) is 20.5. The maximum absolute atomic E-state index is 4.76. The minimum atomic E-state index is 0.661. The van der Waals surface area contributed by atoms with Crippen molar-refractivity contribution < 1.29 is 0 Å². The minimum absolute atomic E-state index is 0.661. The zero-order valence-corrected chi connectivity index (χ0v) is 18.9. The quantitative estimate of drug-likeness (QED) is 0.382. The summed E-state index contributed by atoms with van der Waals surface area (Å²) in [4.78, 5) is 9.52. The van der Waals surface area contributed by atoms with Gasteiger partial charge in [0.25, 0.3) is 0 Å². The molecule has 1 heterocycles. The van der Waals surface area contributed by atoms with Gasteiger partial charge in [0.1, 0.15) is 0 Å². The van der Waals surface area contributed by atoms with Gasteiger partial charge in [0.15, 0.2) is 5.82 Å². The van der Waals surface area contributed by atoms with Crippen molar-refractivity contribution in [1.29, 1.82) is 0 Å². The fourth-order valence-corrected chi connectivity index (χ4v) is 4.87. The molecular weight excluding hydrogens is 352 g/mol. The van der Waals surface area contributed by atoms with Gasteiger partial charge in [0.05, 0.1) is 0 Å². The second-order valence-electron chi connectivity index (χ2n) is 9.16. The molecule has 1 saturated carbocycles. The molecule has 29 heavy (non-hydrogen) atoms. The van der Waals surface area contributed by atoms with Crippen LogP contribution in [0.15, 0.2) is 30.6 Å². The number of hydrogen-bond donors (Lipinski definition) is 0. The number of nitrogens with zero attached hydrogens (tertiary/aromatic N) is 2. The van der Waals surface area contributed by atoms with Crippen molar-refractivity contribution in [3.63, 3.8) is 0 Å². The lowest BCUT2D eigenvalue weighted by Gasteiger charge is -2.28. The van der Waals surface area contributed by atoms with Gasteiger partial charge in [0.2, 0.25) is 0 Å². The SMILES string of the molecule is CCCCCc1ccc(-c2ncc(C3CCC(CCCCC)CC3)cn2)c(C)c1. The van der Waals surface area contributed by atoms with E-state index in [-0.39, 0.29) is 0 Å². The summed E-state index contributed by atoms with van der Waals surface area (Å²) in [5, 5.41) is 0. The molecular formula is C27H40N2. The van der Waals surface area contributed by atoms with Crippen molar-refractivity contribution in [3.05, 3.63) is 47.3 Å². The van der Waals surface area contributed by atoms with Crippen LogP contribution in [0.2, 0.25) is 0 Å². The summed E-state index contributed by atoms with van der Waals surface area (Å²) in [6.07, 6.45) is 20.2. The molecule has 158 valence electrons. The molecule has 0 saturated heterocycles. The average Bonchev–Trinajstić information content (AvgIpc) is 2.75. The van der Waals surface area contributed by atoms with Crippen LogP contribution in [0.5, 0.6) is 0 Å². The molecule has 3 rings (SSSR count). The van der Waals surface area contributed by atoms with Crippen molar-refractivity contribution in [3.8, 4) is 11.4 Å². The largest absolute Gasteiger partial charge is 0.236 e. The summed E-state index contributed by atoms with van der Waals surface area (Å²) in [5.74, 6) is 2.49. The minimum Gasteiger partial charge on any atom is -0.236 e. The second-order valence-corrected chi connectivity index (χ2v) is 9.16. The Bertz CT molecular complexity index is 727. The Labute approximate surface area is 178 Å². The lowest BCUT2D eigenvalue weighted by atomic mass is 9.77. The smallest absolute Gasteiger partial charge is 0.159 e. The summed E-state index contributed by atoms with van der Waals surface area (Å²) in [6, 6.07) is 6.80. The highest BCUT2D eigenvalue weighted by Crippen LogP contribution is 2.37. The van der Waals surface area contributed by atoms with Crippen LogP contribution in [0.3, 0.4) is 0 Å². The fourth-order valence-electron chi connectivity index (χ4n) is 4.87. The summed E-state index contributed by atoms with van der Waals surface area (Å²) >= 11 is 0. The summed E-state index contributed by atoms with van der Waals surface area (Å²) < 4.78 is 0. The van der Waals surface area contributed by atoms with E-state index < -0.39 is 0 Å². The molecule has 1 aromatic carbocycles. The van der Waals surface area contributed by atoms with Gasteiger partial charge in [-0.05, 0) is 74.0 Å². The van der Waals surface area contributed by atoms with E-state index >= 15 is 0 Å². The normalized spacial score (nSPS) is 19.4. The Morgan fingerprint density at radius 1 is 0.862 bits per heavy atom. The van der Waals surface area contributed by atoms with Crippen LogP contribution in [0.1, 0.15) is 107 Å². The molecule has 2 heteroatoms. The molecule has 1 aliphatic rings. The molecule has 0 unspecified atom stereocenters. The predicted octanol–water partition coefficient (Wildman–Crippen LogP) is 8.04. The number of aryl methyl sites for hydroxylation is 2. The van der Waals surface area contributed by atoms with Crippen molar-refractivity contribution in [2.24, 2.45) is 5.92 Å². The van der Waals surface area contributed by atoms with E-state index in [1.807, 2.05) is 0 Å². The van der Waals surface area contributed by atoms with Crippen LogP contribution < -0.4 is 0 Å². The highest BCUT2D eigenvalue weighted by molar-refractivity contribution is 5.60. The van der Waals surface area contributed by atoms with E-state index in [2.05, 4.69) is 51.4 Å². The summed E-state index contributed by atoms with van der Waals surface area (Å²) in [7, 11) is 0. The lowest BCUT2D eigenvalue weighted by molar-refractivity contribution is 0.302. The molecule has 0 amide bonds. The molecule has 0 aliphatic heterocycles. The van der Waals surface area contributed by atoms with Crippen LogP contribution in [-0.2, 0) is 6.42 Å². The van der Waals surface area contributed by atoms with Gasteiger partial charge in [-0.15, -0.1) is 0 Å². The van der Waals surface area contributed by atoms with Gasteiger partial charge in [-0.2, -0.15) is 0 Å². The molecule has 1 aliphatic carbocycles. The molecule has 0 N–H and O–H groups in total. The van der Waals surface area contributed by atoms with Gasteiger partial charge in [-0.3, -0.25) is 0 Å². The van der Waals surface area contributed by atoms with E-state index in [1.165, 1.54) is 99.3 Å². The monoisotopic (exact) mass is 392 g/mol. The van der Waals surface area contributed by atoms with Gasteiger partial charge < -0.3 is 0 Å². The zero-order valence-electron chi connectivity index (χ0n) is 18.9. The molecule has 2 aromatic rings. The Kier molecular flexibility index (Phi) is 8.70. The molecule has 0 spiro atoms. The Morgan fingerprint density at radius 2 is 1.55 bits per heavy atom. The van der Waals surface area contributed by atoms with Gasteiger partial charge in [0, 0.05) is 18.0 Å². The maximum atomic E-state index is 4.76. The van der Waals surface area contributed by atoms with Crippen LogP contribution in [0, 0.1) is 12.8 Å². The van der Waals surface area contributed by atoms with Crippen LogP contribution in [0.4, 0.5) is 0 Å². The van der Waals surface area contributed by atoms with Crippen molar-refractivity contribution in [1.82, 2.24) is 9.97 Å². The molecule has 1 fully saturated rings. The topological polar surface area (TPSA) is 25.8 Å². The highest BCUT2D eigenvalue weighted by Gasteiger charge is 2.22. The number of rotatable bonds is 10. The first kappa shape index (κ1) is 22.0. The van der Waals surface area contributed by atoms with Gasteiger partial charge >= 0.3 is 0 Å². The third-order valence-electron chi connectivity index (χ3n) is 6.81. The highest BCUT2D eigenvalue weighted by atomic mass is 14.9. The van der Waals surface area contributed by atoms with E-state index in [0.29, 0.717) is 5.92 Å². The molecule has 1 aromatic heterocycles. The molecule has 2 nitrogen and oxygen atoms in total. The third-order valence-corrected chi connectivity index (χ3v) is 6.81. The van der Waals surface area contributed by atoms with E-state index in [4.69, 9.17) is 9.97 Å². The van der Waals surface area contributed by atoms with Crippen LogP contribution in [0.25, 0.3) is 11.4 Å². The van der Waals surface area contributed by atoms with Crippen LogP contribution in [-0.4, -0.2) is 9.97 Å². The second kappa shape index (κ2) is 11.5. The fraction of sp³-hybridized carbons (Fsp3) is 0.630. The third kappa shape index (κ3) is 6.39. The van der Waals surface area contributed by atoms with Gasteiger partial charge in [-0.25, -0.2) is 9.97 Å². The maximum Gasteiger partial charge on any atom is 0.159 e. The molecule has 0 atom stereocenters. The first-order valence-electron chi connectivity index (χ1n) is 12.1. The predicted molar refractivity (Wildman–Crippen MR) is 124 cm³/mol. The van der Waals surface area contributed by atoms with E-state index in [0.717, 1.165) is 11.7 Å². The molecule has 0 bridgehead atoms. The average molecular weight is 393 g/mol. The first-order chi connectivity index (χ1) is 14.2. The van der Waals surface area contributed by atoms with Crippen molar-refractivity contribution >= 4 is 0 Å².